The highest BCUT2D eigenvalue weighted by molar-refractivity contribution is 6.31. The summed E-state index contributed by atoms with van der Waals surface area (Å²) in [7, 11) is 1.59. The SMILES string of the molecule is COCc1ccc(Oc2ncc(C(F)(F)F)cc2Cl)cc1C. The van der Waals surface area contributed by atoms with Crippen LogP contribution in [0.2, 0.25) is 5.02 Å². The van der Waals surface area contributed by atoms with Crippen LogP contribution in [-0.4, -0.2) is 12.1 Å². The number of halogens is 4. The Morgan fingerprint density at radius 2 is 1.95 bits per heavy atom. The Morgan fingerprint density at radius 1 is 1.23 bits per heavy atom. The Kier molecular flexibility index (Phi) is 4.93. The number of benzene rings is 1. The third kappa shape index (κ3) is 3.90. The molecule has 2 rings (SSSR count). The van der Waals surface area contributed by atoms with E-state index in [1.807, 2.05) is 13.0 Å². The summed E-state index contributed by atoms with van der Waals surface area (Å²) in [5.41, 5.74) is 1.00. The minimum atomic E-state index is -4.49. The lowest BCUT2D eigenvalue weighted by Crippen LogP contribution is -2.05. The van der Waals surface area contributed by atoms with Crippen molar-refractivity contribution in [2.75, 3.05) is 7.11 Å². The quantitative estimate of drug-likeness (QED) is 0.790. The van der Waals surface area contributed by atoms with E-state index >= 15 is 0 Å². The zero-order valence-corrected chi connectivity index (χ0v) is 12.6. The first kappa shape index (κ1) is 16.6. The molecule has 0 aliphatic carbocycles. The number of alkyl halides is 3. The first-order valence-corrected chi connectivity index (χ1v) is 6.68. The minimum absolute atomic E-state index is 0.0754. The molecule has 1 aromatic carbocycles. The molecule has 3 nitrogen and oxygen atoms in total. The number of ether oxygens (including phenoxy) is 2. The average molecular weight is 332 g/mol. The number of aromatic nitrogens is 1. The van der Waals surface area contributed by atoms with Gasteiger partial charge in [-0.15, -0.1) is 0 Å². The van der Waals surface area contributed by atoms with Gasteiger partial charge >= 0.3 is 6.18 Å². The molecule has 0 aliphatic rings. The van der Waals surface area contributed by atoms with Crippen molar-refractivity contribution < 1.29 is 22.6 Å². The van der Waals surface area contributed by atoms with Crippen molar-refractivity contribution >= 4 is 11.6 Å². The molecule has 7 heteroatoms. The zero-order valence-electron chi connectivity index (χ0n) is 11.9. The molecule has 0 aliphatic heterocycles. The van der Waals surface area contributed by atoms with Gasteiger partial charge in [-0.05, 0) is 36.2 Å². The Bertz CT molecular complexity index is 674. The first-order valence-electron chi connectivity index (χ1n) is 6.30. The van der Waals surface area contributed by atoms with Crippen molar-refractivity contribution in [2.24, 2.45) is 0 Å². The van der Waals surface area contributed by atoms with Gasteiger partial charge in [0, 0.05) is 13.3 Å². The van der Waals surface area contributed by atoms with Crippen LogP contribution in [0.1, 0.15) is 16.7 Å². The zero-order chi connectivity index (χ0) is 16.3. The van der Waals surface area contributed by atoms with Crippen LogP contribution >= 0.6 is 11.6 Å². The minimum Gasteiger partial charge on any atom is -0.438 e. The molecule has 1 aromatic heterocycles. The Hall–Kier alpha value is -1.79. The van der Waals surface area contributed by atoms with Gasteiger partial charge in [0.25, 0.3) is 0 Å². The molecule has 118 valence electrons. The lowest BCUT2D eigenvalue weighted by atomic mass is 10.1. The fourth-order valence-electron chi connectivity index (χ4n) is 1.82. The molecule has 2 aromatic rings. The Labute approximate surface area is 130 Å². The molecule has 0 amide bonds. The highest BCUT2D eigenvalue weighted by Crippen LogP contribution is 2.34. The number of hydrogen-bond donors (Lipinski definition) is 0. The van der Waals surface area contributed by atoms with Gasteiger partial charge in [-0.3, -0.25) is 0 Å². The molecular weight excluding hydrogens is 319 g/mol. The summed E-state index contributed by atoms with van der Waals surface area (Å²) >= 11 is 5.80. The molecule has 0 saturated carbocycles. The summed E-state index contributed by atoms with van der Waals surface area (Å²) in [5, 5.41) is -0.201. The van der Waals surface area contributed by atoms with Crippen LogP contribution < -0.4 is 4.74 Å². The monoisotopic (exact) mass is 331 g/mol. The number of pyridine rings is 1. The standard InChI is InChI=1S/C15H13ClF3NO2/c1-9-5-12(4-3-10(9)8-21-2)22-14-13(16)6-11(7-20-14)15(17,18)19/h3-7H,8H2,1-2H3. The maximum atomic E-state index is 12.5. The van der Waals surface area contributed by atoms with Gasteiger partial charge in [0.1, 0.15) is 10.8 Å². The third-order valence-corrected chi connectivity index (χ3v) is 3.23. The van der Waals surface area contributed by atoms with E-state index in [-0.39, 0.29) is 10.9 Å². The van der Waals surface area contributed by atoms with Crippen molar-refractivity contribution in [3.05, 3.63) is 52.2 Å². The fourth-order valence-corrected chi connectivity index (χ4v) is 2.02. The molecule has 0 saturated heterocycles. The smallest absolute Gasteiger partial charge is 0.417 e. The van der Waals surface area contributed by atoms with Crippen molar-refractivity contribution in [1.29, 1.82) is 0 Å². The van der Waals surface area contributed by atoms with E-state index in [0.717, 1.165) is 17.2 Å². The van der Waals surface area contributed by atoms with Crippen LogP contribution in [0, 0.1) is 6.92 Å². The van der Waals surface area contributed by atoms with Gasteiger partial charge in [-0.1, -0.05) is 17.7 Å². The van der Waals surface area contributed by atoms with Crippen molar-refractivity contribution in [2.45, 2.75) is 19.7 Å². The summed E-state index contributed by atoms with van der Waals surface area (Å²) in [5.74, 6) is 0.361. The summed E-state index contributed by atoms with van der Waals surface area (Å²) in [4.78, 5) is 3.63. The van der Waals surface area contributed by atoms with E-state index < -0.39 is 11.7 Å². The van der Waals surface area contributed by atoms with Crippen LogP contribution in [0.15, 0.2) is 30.5 Å². The van der Waals surface area contributed by atoms with Crippen molar-refractivity contribution in [1.82, 2.24) is 4.98 Å². The highest BCUT2D eigenvalue weighted by Gasteiger charge is 2.31. The van der Waals surface area contributed by atoms with Gasteiger partial charge in [-0.2, -0.15) is 13.2 Å². The second-order valence-corrected chi connectivity index (χ2v) is 5.04. The van der Waals surface area contributed by atoms with Crippen molar-refractivity contribution in [3.8, 4) is 11.6 Å². The van der Waals surface area contributed by atoms with E-state index in [0.29, 0.717) is 18.6 Å². The molecule has 0 bridgehead atoms. The van der Waals surface area contributed by atoms with Crippen LogP contribution in [0.4, 0.5) is 13.2 Å². The molecule has 1 heterocycles. The second kappa shape index (κ2) is 6.54. The molecule has 22 heavy (non-hydrogen) atoms. The van der Waals surface area contributed by atoms with Gasteiger partial charge in [0.05, 0.1) is 12.2 Å². The lowest BCUT2D eigenvalue weighted by molar-refractivity contribution is -0.137. The summed E-state index contributed by atoms with van der Waals surface area (Å²) in [6.07, 6.45) is -3.80. The molecule has 0 unspecified atom stereocenters. The molecule has 0 N–H and O–H groups in total. The maximum Gasteiger partial charge on any atom is 0.417 e. The predicted octanol–water partition coefficient (Wildman–Crippen LogP) is 5.00. The van der Waals surface area contributed by atoms with E-state index in [2.05, 4.69) is 4.98 Å². The van der Waals surface area contributed by atoms with Gasteiger partial charge < -0.3 is 9.47 Å². The normalized spacial score (nSPS) is 11.5. The summed E-state index contributed by atoms with van der Waals surface area (Å²) < 4.78 is 48.1. The van der Waals surface area contributed by atoms with Crippen LogP contribution in [-0.2, 0) is 17.5 Å². The van der Waals surface area contributed by atoms with E-state index in [1.54, 1.807) is 19.2 Å². The lowest BCUT2D eigenvalue weighted by Gasteiger charge is -2.11. The van der Waals surface area contributed by atoms with Gasteiger partial charge in [-0.25, -0.2) is 4.98 Å². The van der Waals surface area contributed by atoms with E-state index in [1.165, 1.54) is 0 Å². The first-order chi connectivity index (χ1) is 10.3. The molecule has 0 spiro atoms. The van der Waals surface area contributed by atoms with E-state index in [4.69, 9.17) is 21.1 Å². The largest absolute Gasteiger partial charge is 0.438 e. The summed E-state index contributed by atoms with van der Waals surface area (Å²) in [6.45, 7) is 2.34. The number of nitrogens with zero attached hydrogens (tertiary/aromatic N) is 1. The predicted molar refractivity (Wildman–Crippen MR) is 76.2 cm³/mol. The Morgan fingerprint density at radius 3 is 2.50 bits per heavy atom. The van der Waals surface area contributed by atoms with Gasteiger partial charge in [0.2, 0.25) is 5.88 Å². The average Bonchev–Trinajstić information content (AvgIpc) is 2.43. The maximum absolute atomic E-state index is 12.5. The number of hydrogen-bond acceptors (Lipinski definition) is 3. The molecule has 0 atom stereocenters. The Balaban J connectivity index is 2.22. The van der Waals surface area contributed by atoms with Crippen molar-refractivity contribution in [3.63, 3.8) is 0 Å². The topological polar surface area (TPSA) is 31.4 Å². The van der Waals surface area contributed by atoms with Gasteiger partial charge in [0.15, 0.2) is 0 Å². The van der Waals surface area contributed by atoms with Crippen LogP contribution in [0.5, 0.6) is 11.6 Å². The van der Waals surface area contributed by atoms with Crippen LogP contribution in [0.3, 0.4) is 0 Å². The van der Waals surface area contributed by atoms with Crippen LogP contribution in [0.25, 0.3) is 0 Å². The summed E-state index contributed by atoms with van der Waals surface area (Å²) in [6, 6.07) is 6.02. The molecule has 0 fully saturated rings. The fraction of sp³-hybridized carbons (Fsp3) is 0.267. The number of aryl methyl sites for hydroxylation is 1. The highest BCUT2D eigenvalue weighted by atomic mass is 35.5. The molecular formula is C15H13ClF3NO2. The number of rotatable bonds is 4. The molecule has 0 radical (unpaired) electrons. The van der Waals surface area contributed by atoms with E-state index in [9.17, 15) is 13.2 Å². The number of methoxy groups -OCH3 is 1. The third-order valence-electron chi connectivity index (χ3n) is 2.96. The second-order valence-electron chi connectivity index (χ2n) is 4.63.